The van der Waals surface area contributed by atoms with Gasteiger partial charge >= 0.3 is 0 Å². The summed E-state index contributed by atoms with van der Waals surface area (Å²) in [4.78, 5) is 2.27. The van der Waals surface area contributed by atoms with E-state index in [-0.39, 0.29) is 76.3 Å². The third kappa shape index (κ3) is 31.3. The van der Waals surface area contributed by atoms with Gasteiger partial charge in [-0.25, -0.2) is 0 Å². The Balaban J connectivity index is 0.000000289. The smallest absolute Gasteiger partial charge is 0.123 e. The van der Waals surface area contributed by atoms with E-state index in [0.717, 1.165) is 122 Å². The topological polar surface area (TPSA) is 182 Å². The number of benzene rings is 9. The number of phenolic OH excluding ortho intramolecular Hbond substituents is 9. The van der Waals surface area contributed by atoms with Crippen LogP contribution in [-0.4, -0.2) is 46.0 Å². The van der Waals surface area contributed by atoms with Crippen LogP contribution in [0.15, 0.2) is 119 Å². The van der Waals surface area contributed by atoms with Crippen LogP contribution in [0.2, 0.25) is 0 Å². The van der Waals surface area contributed by atoms with Crippen LogP contribution >= 0.6 is 11.8 Å². The maximum atomic E-state index is 10.8. The van der Waals surface area contributed by atoms with Crippen molar-refractivity contribution >= 4 is 11.8 Å². The Morgan fingerprint density at radius 1 is 0.252 bits per heavy atom. The van der Waals surface area contributed by atoms with E-state index in [4.69, 9.17) is 0 Å². The van der Waals surface area contributed by atoms with Gasteiger partial charge in [0.05, 0.1) is 0 Å². The van der Waals surface area contributed by atoms with E-state index in [1.807, 2.05) is 64.1 Å². The van der Waals surface area contributed by atoms with E-state index < -0.39 is 0 Å². The van der Waals surface area contributed by atoms with Crippen LogP contribution in [0.25, 0.3) is 0 Å². The van der Waals surface area contributed by atoms with E-state index in [0.29, 0.717) is 63.6 Å². The Labute approximate surface area is 827 Å². The van der Waals surface area contributed by atoms with Crippen LogP contribution in [0.1, 0.15) is 467 Å². The first-order valence-corrected chi connectivity index (χ1v) is 50.7. The molecule has 1 saturated carbocycles. The molecule has 9 aromatic rings. The molecular weight excluding hydrogens is 1680 g/mol. The van der Waals surface area contributed by atoms with Crippen molar-refractivity contribution < 1.29 is 46.0 Å². The van der Waals surface area contributed by atoms with Gasteiger partial charge in [-0.2, -0.15) is 0 Å². The highest BCUT2D eigenvalue weighted by atomic mass is 32.2. The van der Waals surface area contributed by atoms with Crippen molar-refractivity contribution in [1.82, 2.24) is 0 Å². The number of aromatic hydroxyl groups is 9. The molecule has 1 fully saturated rings. The molecule has 0 aromatic heterocycles. The molecule has 0 atom stereocenters. The molecule has 1 aliphatic carbocycles. The Morgan fingerprint density at radius 2 is 0.474 bits per heavy atom. The van der Waals surface area contributed by atoms with Crippen LogP contribution in [0, 0.1) is 60.3 Å². The molecule has 10 rings (SSSR count). The lowest BCUT2D eigenvalue weighted by molar-refractivity contribution is 0.346. The van der Waals surface area contributed by atoms with Gasteiger partial charge in [0.15, 0.2) is 0 Å². The van der Waals surface area contributed by atoms with Crippen LogP contribution in [0.3, 0.4) is 0 Å². The highest BCUT2D eigenvalue weighted by Gasteiger charge is 2.36. The number of hydrogen-bond acceptors (Lipinski definition) is 10. The molecule has 9 N–H and O–H groups in total. The minimum atomic E-state index is -0.130. The second-order valence-electron chi connectivity index (χ2n) is 53.6. The second kappa shape index (κ2) is 42.7. The zero-order valence-corrected chi connectivity index (χ0v) is 95.0. The summed E-state index contributed by atoms with van der Waals surface area (Å²) in [6.45, 7) is 105. The third-order valence-electron chi connectivity index (χ3n) is 26.7. The highest BCUT2D eigenvalue weighted by molar-refractivity contribution is 7.99. The van der Waals surface area contributed by atoms with E-state index >= 15 is 0 Å². The van der Waals surface area contributed by atoms with Gasteiger partial charge in [-0.1, -0.05) is 382 Å². The van der Waals surface area contributed by atoms with Crippen molar-refractivity contribution in [1.29, 1.82) is 0 Å². The molecule has 0 heterocycles. The van der Waals surface area contributed by atoms with Gasteiger partial charge in [-0.3, -0.25) is 0 Å². The normalized spacial score (nSPS) is 14.6. The summed E-state index contributed by atoms with van der Waals surface area (Å²) in [6.07, 6.45) is 6.05. The summed E-state index contributed by atoms with van der Waals surface area (Å²) in [5.74, 6) is 5.74. The highest BCUT2D eigenvalue weighted by Crippen LogP contribution is 2.51. The molecular formula is C125H188O9S. The molecule has 135 heavy (non-hydrogen) atoms. The number of hydrogen-bond donors (Lipinski definition) is 9. The summed E-state index contributed by atoms with van der Waals surface area (Å²) >= 11 is 1.70. The lowest BCUT2D eigenvalue weighted by Gasteiger charge is -2.32. The first-order chi connectivity index (χ1) is 60.5. The molecule has 1 aliphatic rings. The molecule has 10 heteroatoms. The molecule has 0 unspecified atom stereocenters. The van der Waals surface area contributed by atoms with Gasteiger partial charge < -0.3 is 46.0 Å². The minimum Gasteiger partial charge on any atom is -0.508 e. The average Bonchev–Trinajstić information content (AvgIpc) is 0.765. The first kappa shape index (κ1) is 117. The van der Waals surface area contributed by atoms with Crippen molar-refractivity contribution in [2.24, 2.45) is 11.8 Å². The largest absolute Gasteiger partial charge is 0.508 e. The lowest BCUT2D eigenvalue weighted by atomic mass is 9.74. The quantitative estimate of drug-likeness (QED) is 0.0710. The van der Waals surface area contributed by atoms with Crippen molar-refractivity contribution in [2.45, 2.75) is 463 Å². The zero-order valence-electron chi connectivity index (χ0n) is 94.2. The fraction of sp³-hybridized carbons (Fsp3) is 0.568. The number of rotatable bonds is 8. The number of phenols is 9. The zero-order chi connectivity index (χ0) is 105. The van der Waals surface area contributed by atoms with E-state index in [1.54, 1.807) is 11.8 Å². The van der Waals surface area contributed by atoms with Gasteiger partial charge in [0.2, 0.25) is 0 Å². The van der Waals surface area contributed by atoms with Crippen LogP contribution < -0.4 is 0 Å². The predicted molar refractivity (Wildman–Crippen MR) is 583 cm³/mol. The minimum absolute atomic E-state index is 0.0178. The molecule has 0 radical (unpaired) electrons. The summed E-state index contributed by atoms with van der Waals surface area (Å²) in [5, 5.41) is 94.2. The average molecular weight is 1870 g/mol. The van der Waals surface area contributed by atoms with Gasteiger partial charge in [0.1, 0.15) is 51.7 Å². The van der Waals surface area contributed by atoms with E-state index in [2.05, 4.69) is 384 Å². The summed E-state index contributed by atoms with van der Waals surface area (Å²) in [6, 6.07) is 37.2. The van der Waals surface area contributed by atoms with Crippen LogP contribution in [0.4, 0.5) is 0 Å². The van der Waals surface area contributed by atoms with Gasteiger partial charge in [-0.05, 0) is 327 Å². The van der Waals surface area contributed by atoms with Crippen molar-refractivity contribution in [3.8, 4) is 51.7 Å². The van der Waals surface area contributed by atoms with E-state index in [1.165, 1.54) is 64.6 Å². The fourth-order valence-corrected chi connectivity index (χ4v) is 19.1. The third-order valence-corrected chi connectivity index (χ3v) is 28.1. The Hall–Kier alpha value is -8.47. The molecule has 0 saturated heterocycles. The Bertz CT molecular complexity index is 5130. The predicted octanol–water partition coefficient (Wildman–Crippen LogP) is 35.3. The molecule has 0 bridgehead atoms. The molecule has 0 spiro atoms. The molecule has 748 valence electrons. The Kier molecular flexibility index (Phi) is 37.0. The molecule has 0 aliphatic heterocycles. The Morgan fingerprint density at radius 3 is 0.719 bits per heavy atom. The van der Waals surface area contributed by atoms with Crippen molar-refractivity contribution in [3.63, 3.8) is 0 Å². The maximum Gasteiger partial charge on any atom is 0.123 e. The standard InChI is InChI=1S/C26H38O2.C23H32O2.C22H30O2S.C21H34O.C18H30O.C15H24O/c1-15(2)24(18-13-20(25(5,6)7)22(27)11-16(18)3)19-14-21(26(8,9)10)23(28)12-17(19)4;1-14-9-20(24)18(22(3,4)5)12-16(14)11-17-13-19(23(6,7)8)21(25)10-15(17)2;1-13-9-17(23)15(21(3,4)5)11-19(13)25-20-12-16(22(6,7)8)18(24)10-14(20)2;1-14-8-10-15(11-9-14)16-12-17(20(2,3)4)19(22)18(13-16)21(5,6)7;1-16(2,3)12-10-13(17(4,5)6)15(19)14(11-12)18(7,8)9;1-10-8-11(14(2,3)4)13(16)12(9-10)15(5,6)7/h11-15,24,27-28H,1-10H3;9-10,12-13,24-25H,11H2,1-8H3;9-12,23-24H,1-8H3;12-15,22H,8-11H2,1-7H3;10-11,19H,1-9H3;8-9,16H,1-7H3. The fourth-order valence-electron chi connectivity index (χ4n) is 18.1. The first-order valence-electron chi connectivity index (χ1n) is 49.8. The van der Waals surface area contributed by atoms with Gasteiger partial charge in [0, 0.05) is 26.8 Å². The van der Waals surface area contributed by atoms with Crippen molar-refractivity contribution in [3.05, 3.63) is 248 Å². The SMILES string of the molecule is CC(C)(C)c1cc(C(C)(C)C)c(O)c(C(C)(C)C)c1.CC1CCC(c2cc(C(C)(C)C)c(O)c(C(C)(C)C)c2)CC1.Cc1cc(C(C)(C)C)c(O)c(C(C)(C)C)c1.Cc1cc(O)c(C(C)(C)C)cc1C(c1cc(C(C)(C)C)c(O)cc1C)C(C)C.Cc1cc(O)c(C(C)(C)C)cc1Cc1cc(C(C)(C)C)c(O)cc1C.Cc1cc(O)c(C(C)(C)C)cc1Sc1cc(C(C)(C)C)c(O)cc1C. The van der Waals surface area contributed by atoms with Gasteiger partial charge in [0.25, 0.3) is 0 Å². The van der Waals surface area contributed by atoms with E-state index in [9.17, 15) is 46.0 Å². The monoisotopic (exact) mass is 1870 g/mol. The maximum absolute atomic E-state index is 10.8. The molecule has 9 aromatic carbocycles. The lowest BCUT2D eigenvalue weighted by Crippen LogP contribution is -2.21. The molecule has 0 amide bonds. The summed E-state index contributed by atoms with van der Waals surface area (Å²) in [7, 11) is 0. The number of aryl methyl sites for hydroxylation is 7. The summed E-state index contributed by atoms with van der Waals surface area (Å²) in [5.41, 5.74) is 26.8. The molecule has 9 nitrogen and oxygen atoms in total. The van der Waals surface area contributed by atoms with Gasteiger partial charge in [-0.15, -0.1) is 0 Å². The summed E-state index contributed by atoms with van der Waals surface area (Å²) < 4.78 is 0. The van der Waals surface area contributed by atoms with Crippen LogP contribution in [-0.2, 0) is 76.8 Å². The van der Waals surface area contributed by atoms with Crippen LogP contribution in [0.5, 0.6) is 51.7 Å². The van der Waals surface area contributed by atoms with Crippen molar-refractivity contribution in [2.75, 3.05) is 0 Å². The second-order valence-corrected chi connectivity index (χ2v) is 54.7.